The van der Waals surface area contributed by atoms with Crippen molar-refractivity contribution in [3.05, 3.63) is 35.4 Å². The van der Waals surface area contributed by atoms with Crippen LogP contribution in [0, 0.1) is 11.6 Å². The second-order valence-corrected chi connectivity index (χ2v) is 5.93. The molecule has 0 heterocycles. The molecule has 6 heteroatoms. The number of β-amino-alcohol motifs (C(OH)–C–C–N with tert-alkyl or cyclic N) is 1. The molecule has 2 N–H and O–H groups in total. The fourth-order valence-corrected chi connectivity index (χ4v) is 3.01. The van der Waals surface area contributed by atoms with Gasteiger partial charge in [-0.1, -0.05) is 25.3 Å². The lowest BCUT2D eigenvalue weighted by Gasteiger charge is -2.36. The Hall–Kier alpha value is -1.53. The number of halogens is 2. The quantitative estimate of drug-likeness (QED) is 0.789. The van der Waals surface area contributed by atoms with Crippen molar-refractivity contribution in [3.8, 4) is 0 Å². The summed E-state index contributed by atoms with van der Waals surface area (Å²) in [6, 6.07) is 3.29. The molecule has 0 radical (unpaired) electrons. The first-order valence-electron chi connectivity index (χ1n) is 8.04. The minimum Gasteiger partial charge on any atom is -0.465 e. The number of carbonyl (C=O) groups excluding carboxylic acids is 1. The van der Waals surface area contributed by atoms with Crippen LogP contribution in [0.4, 0.5) is 8.78 Å². The molecule has 4 nitrogen and oxygen atoms in total. The molecule has 23 heavy (non-hydrogen) atoms. The van der Waals surface area contributed by atoms with Crippen LogP contribution in [-0.4, -0.2) is 29.8 Å². The molecule has 1 unspecified atom stereocenters. The van der Waals surface area contributed by atoms with Gasteiger partial charge in [0.25, 0.3) is 0 Å². The maximum absolute atomic E-state index is 13.3. The largest absolute Gasteiger partial charge is 0.465 e. The summed E-state index contributed by atoms with van der Waals surface area (Å²) in [6.45, 7) is 2.13. The van der Waals surface area contributed by atoms with Crippen LogP contribution in [0.2, 0.25) is 0 Å². The van der Waals surface area contributed by atoms with Crippen molar-refractivity contribution in [3.63, 3.8) is 0 Å². The molecule has 1 fully saturated rings. The third kappa shape index (κ3) is 4.26. The molecule has 0 amide bonds. The average Bonchev–Trinajstić information content (AvgIpc) is 2.56. The predicted molar refractivity (Wildman–Crippen MR) is 81.8 cm³/mol. The summed E-state index contributed by atoms with van der Waals surface area (Å²) in [7, 11) is 0. The predicted octanol–water partition coefficient (Wildman–Crippen LogP) is 2.85. The van der Waals surface area contributed by atoms with E-state index in [0.717, 1.165) is 31.4 Å². The number of rotatable bonds is 6. The van der Waals surface area contributed by atoms with Crippen LogP contribution in [0.3, 0.4) is 0 Å². The van der Waals surface area contributed by atoms with E-state index in [1.54, 1.807) is 6.92 Å². The zero-order valence-electron chi connectivity index (χ0n) is 13.3. The van der Waals surface area contributed by atoms with Gasteiger partial charge in [0.2, 0.25) is 0 Å². The summed E-state index contributed by atoms with van der Waals surface area (Å²) >= 11 is 0. The highest BCUT2D eigenvalue weighted by Gasteiger charge is 2.40. The van der Waals surface area contributed by atoms with Crippen LogP contribution < -0.4 is 5.32 Å². The highest BCUT2D eigenvalue weighted by atomic mass is 19.2. The second kappa shape index (κ2) is 7.84. The van der Waals surface area contributed by atoms with E-state index in [1.165, 1.54) is 6.07 Å². The Morgan fingerprint density at radius 2 is 2.00 bits per heavy atom. The first kappa shape index (κ1) is 17.8. The van der Waals surface area contributed by atoms with Gasteiger partial charge in [0.15, 0.2) is 11.6 Å². The Kier molecular flexibility index (Phi) is 6.07. The molecule has 0 aliphatic heterocycles. The summed E-state index contributed by atoms with van der Waals surface area (Å²) in [4.78, 5) is 12.3. The molecule has 0 aromatic heterocycles. The number of hydrogen-bond donors (Lipinski definition) is 2. The fraction of sp³-hybridized carbons (Fsp3) is 0.588. The standard InChI is InChI=1S/C17H23F2NO3/c1-2-23-16(22)17(8-4-3-5-9-17)20-11-15(21)12-6-7-13(18)14(19)10-12/h6-7,10,15,20-21H,2-5,8-9,11H2,1H3. The third-order valence-corrected chi connectivity index (χ3v) is 4.34. The molecule has 0 bridgehead atoms. The van der Waals surface area contributed by atoms with Crippen molar-refractivity contribution in [2.45, 2.75) is 50.7 Å². The minimum atomic E-state index is -1.03. The molecular weight excluding hydrogens is 304 g/mol. The molecule has 1 aromatic carbocycles. The average molecular weight is 327 g/mol. The number of nitrogens with one attached hydrogen (secondary N) is 1. The van der Waals surface area contributed by atoms with Crippen molar-refractivity contribution in [2.24, 2.45) is 0 Å². The van der Waals surface area contributed by atoms with Gasteiger partial charge in [0, 0.05) is 6.54 Å². The number of aliphatic hydroxyl groups excluding tert-OH is 1. The zero-order valence-corrected chi connectivity index (χ0v) is 13.3. The molecule has 128 valence electrons. The Morgan fingerprint density at radius 3 is 2.61 bits per heavy atom. The smallest absolute Gasteiger partial charge is 0.326 e. The number of carbonyl (C=O) groups is 1. The fourth-order valence-electron chi connectivity index (χ4n) is 3.01. The van der Waals surface area contributed by atoms with Gasteiger partial charge in [-0.2, -0.15) is 0 Å². The van der Waals surface area contributed by atoms with Gasteiger partial charge in [-0.15, -0.1) is 0 Å². The molecule has 1 atom stereocenters. The van der Waals surface area contributed by atoms with E-state index in [0.29, 0.717) is 19.4 Å². The van der Waals surface area contributed by atoms with Crippen LogP contribution >= 0.6 is 0 Å². The Morgan fingerprint density at radius 1 is 1.30 bits per heavy atom. The molecular formula is C17H23F2NO3. The lowest BCUT2D eigenvalue weighted by Crippen LogP contribution is -2.55. The number of ether oxygens (including phenoxy) is 1. The molecule has 1 aromatic rings. The van der Waals surface area contributed by atoms with Crippen molar-refractivity contribution in [2.75, 3.05) is 13.2 Å². The summed E-state index contributed by atoms with van der Waals surface area (Å²) in [6.07, 6.45) is 3.15. The normalized spacial score (nSPS) is 18.4. The van der Waals surface area contributed by atoms with Crippen molar-refractivity contribution >= 4 is 5.97 Å². The van der Waals surface area contributed by atoms with Gasteiger partial charge in [-0.25, -0.2) is 8.78 Å². The second-order valence-electron chi connectivity index (χ2n) is 5.93. The monoisotopic (exact) mass is 327 g/mol. The van der Waals surface area contributed by atoms with E-state index in [9.17, 15) is 18.7 Å². The van der Waals surface area contributed by atoms with Crippen LogP contribution in [-0.2, 0) is 9.53 Å². The van der Waals surface area contributed by atoms with E-state index >= 15 is 0 Å². The number of benzene rings is 1. The van der Waals surface area contributed by atoms with E-state index < -0.39 is 23.3 Å². The van der Waals surface area contributed by atoms with Gasteiger partial charge in [0.1, 0.15) is 5.54 Å². The zero-order chi connectivity index (χ0) is 16.9. The Labute approximate surface area is 134 Å². The highest BCUT2D eigenvalue weighted by molar-refractivity contribution is 5.81. The summed E-state index contributed by atoms with van der Waals surface area (Å²) in [5, 5.41) is 13.3. The van der Waals surface area contributed by atoms with Gasteiger partial charge in [0.05, 0.1) is 12.7 Å². The summed E-state index contributed by atoms with van der Waals surface area (Å²) in [5.41, 5.74) is -0.528. The van der Waals surface area contributed by atoms with E-state index in [-0.39, 0.29) is 18.1 Å². The number of aliphatic hydroxyl groups is 1. The van der Waals surface area contributed by atoms with Crippen LogP contribution in [0.15, 0.2) is 18.2 Å². The van der Waals surface area contributed by atoms with E-state index in [4.69, 9.17) is 4.74 Å². The van der Waals surface area contributed by atoms with Crippen LogP contribution in [0.5, 0.6) is 0 Å². The first-order valence-corrected chi connectivity index (χ1v) is 8.04. The van der Waals surface area contributed by atoms with Crippen molar-refractivity contribution in [1.29, 1.82) is 0 Å². The lowest BCUT2D eigenvalue weighted by atomic mass is 9.81. The molecule has 1 saturated carbocycles. The van der Waals surface area contributed by atoms with Crippen LogP contribution in [0.1, 0.15) is 50.7 Å². The summed E-state index contributed by atoms with van der Waals surface area (Å²) in [5.74, 6) is -2.26. The first-order chi connectivity index (χ1) is 11.0. The minimum absolute atomic E-state index is 0.0733. The molecule has 1 aliphatic rings. The number of hydrogen-bond acceptors (Lipinski definition) is 4. The Balaban J connectivity index is 2.05. The summed E-state index contributed by atoms with van der Waals surface area (Å²) < 4.78 is 31.4. The maximum Gasteiger partial charge on any atom is 0.326 e. The molecule has 2 rings (SSSR count). The molecule has 0 spiro atoms. The number of esters is 1. The Bertz CT molecular complexity index is 545. The van der Waals surface area contributed by atoms with Crippen molar-refractivity contribution in [1.82, 2.24) is 5.32 Å². The molecule has 0 saturated heterocycles. The van der Waals surface area contributed by atoms with Gasteiger partial charge < -0.3 is 9.84 Å². The van der Waals surface area contributed by atoms with E-state index in [1.807, 2.05) is 0 Å². The highest BCUT2D eigenvalue weighted by Crippen LogP contribution is 2.30. The topological polar surface area (TPSA) is 58.6 Å². The van der Waals surface area contributed by atoms with Crippen LogP contribution in [0.25, 0.3) is 0 Å². The SMILES string of the molecule is CCOC(=O)C1(NCC(O)c2ccc(F)c(F)c2)CCCCC1. The maximum atomic E-state index is 13.3. The van der Waals surface area contributed by atoms with Gasteiger partial charge >= 0.3 is 5.97 Å². The third-order valence-electron chi connectivity index (χ3n) is 4.34. The van der Waals surface area contributed by atoms with Gasteiger partial charge in [-0.3, -0.25) is 10.1 Å². The van der Waals surface area contributed by atoms with E-state index in [2.05, 4.69) is 5.32 Å². The van der Waals surface area contributed by atoms with Gasteiger partial charge in [-0.05, 0) is 37.5 Å². The molecule has 1 aliphatic carbocycles. The lowest BCUT2D eigenvalue weighted by molar-refractivity contribution is -0.153. The van der Waals surface area contributed by atoms with Crippen molar-refractivity contribution < 1.29 is 23.4 Å².